The summed E-state index contributed by atoms with van der Waals surface area (Å²) < 4.78 is 16.1. The van der Waals surface area contributed by atoms with Crippen LogP contribution in [0.1, 0.15) is 40.5 Å². The number of carbonyl (C=O) groups is 4. The quantitative estimate of drug-likeness (QED) is 0.185. The number of hydrogen-bond acceptors (Lipinski definition) is 7. The van der Waals surface area contributed by atoms with E-state index >= 15 is 0 Å². The van der Waals surface area contributed by atoms with E-state index in [-0.39, 0.29) is 61.5 Å². The van der Waals surface area contributed by atoms with E-state index in [0.717, 1.165) is 0 Å². The summed E-state index contributed by atoms with van der Waals surface area (Å²) in [5.74, 6) is -0.748. The van der Waals surface area contributed by atoms with Crippen molar-refractivity contribution in [3.63, 3.8) is 0 Å². The fourth-order valence-electron chi connectivity index (χ4n) is 3.40. The minimum absolute atomic E-state index is 0.00318. The van der Waals surface area contributed by atoms with Gasteiger partial charge in [0.05, 0.1) is 18.1 Å². The molecule has 10 nitrogen and oxygen atoms in total. The Hall–Kier alpha value is -2.66. The third-order valence-corrected chi connectivity index (χ3v) is 10.8. The van der Waals surface area contributed by atoms with Crippen molar-refractivity contribution in [2.45, 2.75) is 76.9 Å². The highest BCUT2D eigenvalue weighted by atomic mass is 28.4. The SMILES string of the molecule is C=CCOC(=O)NC[C@H](CC(=O)C[C@H]1NC(=O)[C@@H]1[C@@H](C)O[Si](C)(C)C(C)(C)C)NC(=O)OCC=C. The van der Waals surface area contributed by atoms with E-state index in [9.17, 15) is 19.2 Å². The summed E-state index contributed by atoms with van der Waals surface area (Å²) in [7, 11) is -2.09. The van der Waals surface area contributed by atoms with Crippen LogP contribution in [0.5, 0.6) is 0 Å². The van der Waals surface area contributed by atoms with E-state index in [1.165, 1.54) is 12.2 Å². The van der Waals surface area contributed by atoms with Crippen LogP contribution in [0.25, 0.3) is 0 Å². The molecule has 0 unspecified atom stereocenters. The van der Waals surface area contributed by atoms with Gasteiger partial charge in [0.2, 0.25) is 5.91 Å². The van der Waals surface area contributed by atoms with Crippen molar-refractivity contribution in [1.82, 2.24) is 16.0 Å². The topological polar surface area (TPSA) is 132 Å². The van der Waals surface area contributed by atoms with Crippen molar-refractivity contribution in [1.29, 1.82) is 0 Å². The zero-order chi connectivity index (χ0) is 26.8. The molecule has 0 aromatic carbocycles. The predicted octanol–water partition coefficient (Wildman–Crippen LogP) is 3.05. The highest BCUT2D eigenvalue weighted by Gasteiger charge is 2.47. The van der Waals surface area contributed by atoms with Crippen molar-refractivity contribution in [3.05, 3.63) is 25.3 Å². The first kappa shape index (κ1) is 30.4. The second kappa shape index (κ2) is 13.4. The number of nitrogens with one attached hydrogen (secondary N) is 3. The van der Waals surface area contributed by atoms with Gasteiger partial charge in [-0.05, 0) is 25.1 Å². The van der Waals surface area contributed by atoms with Gasteiger partial charge in [-0.1, -0.05) is 46.1 Å². The van der Waals surface area contributed by atoms with Crippen molar-refractivity contribution >= 4 is 32.2 Å². The number of amides is 3. The van der Waals surface area contributed by atoms with E-state index in [2.05, 4.69) is 63.0 Å². The fraction of sp³-hybridized carbons (Fsp3) is 0.667. The molecule has 0 aromatic heterocycles. The highest BCUT2D eigenvalue weighted by Crippen LogP contribution is 2.39. The third kappa shape index (κ3) is 9.85. The van der Waals surface area contributed by atoms with Crippen LogP contribution in [0.2, 0.25) is 18.1 Å². The van der Waals surface area contributed by atoms with Crippen molar-refractivity contribution in [2.75, 3.05) is 19.8 Å². The Balaban J connectivity index is 2.75. The number of ether oxygens (including phenoxy) is 2. The molecule has 198 valence electrons. The van der Waals surface area contributed by atoms with E-state index < -0.39 is 32.5 Å². The zero-order valence-electron chi connectivity index (χ0n) is 21.8. The first-order valence-corrected chi connectivity index (χ1v) is 14.7. The van der Waals surface area contributed by atoms with Gasteiger partial charge in [0, 0.05) is 25.4 Å². The predicted molar refractivity (Wildman–Crippen MR) is 135 cm³/mol. The summed E-state index contributed by atoms with van der Waals surface area (Å²) in [6.45, 7) is 19.4. The molecular formula is C24H41N3O7Si. The molecule has 4 atom stereocenters. The summed E-state index contributed by atoms with van der Waals surface area (Å²) in [5.41, 5.74) is 0. The number of β-lactam (4-membered cyclic amide) rings is 1. The van der Waals surface area contributed by atoms with Gasteiger partial charge in [0.25, 0.3) is 0 Å². The molecule has 1 fully saturated rings. The summed E-state index contributed by atoms with van der Waals surface area (Å²) in [4.78, 5) is 48.9. The van der Waals surface area contributed by atoms with Crippen LogP contribution in [0.4, 0.5) is 9.59 Å². The minimum atomic E-state index is -2.09. The molecule has 0 aliphatic carbocycles. The molecule has 0 bridgehead atoms. The molecule has 1 heterocycles. The molecule has 35 heavy (non-hydrogen) atoms. The second-order valence-electron chi connectivity index (χ2n) is 10.2. The molecule has 11 heteroatoms. The van der Waals surface area contributed by atoms with Crippen molar-refractivity contribution < 1.29 is 33.1 Å². The first-order chi connectivity index (χ1) is 16.2. The number of Topliss-reactive ketones (excluding diaryl/α,β-unsaturated/α-hetero) is 1. The Bertz CT molecular complexity index is 794. The van der Waals surface area contributed by atoms with Crippen LogP contribution < -0.4 is 16.0 Å². The summed E-state index contributed by atoms with van der Waals surface area (Å²) in [5, 5.41) is 7.86. The lowest BCUT2D eigenvalue weighted by Crippen LogP contribution is -2.64. The lowest BCUT2D eigenvalue weighted by molar-refractivity contribution is -0.141. The van der Waals surface area contributed by atoms with Crippen LogP contribution >= 0.6 is 0 Å². The third-order valence-electron chi connectivity index (χ3n) is 6.26. The van der Waals surface area contributed by atoms with E-state index in [1.54, 1.807) is 0 Å². The van der Waals surface area contributed by atoms with Gasteiger partial charge < -0.3 is 29.9 Å². The van der Waals surface area contributed by atoms with Gasteiger partial charge >= 0.3 is 12.2 Å². The zero-order valence-corrected chi connectivity index (χ0v) is 22.8. The Morgan fingerprint density at radius 2 is 1.69 bits per heavy atom. The monoisotopic (exact) mass is 511 g/mol. The number of alkyl carbamates (subject to hydrolysis) is 2. The smallest absolute Gasteiger partial charge is 0.407 e. The summed E-state index contributed by atoms with van der Waals surface area (Å²) in [6, 6.07) is -1.08. The van der Waals surface area contributed by atoms with Crippen molar-refractivity contribution in [2.24, 2.45) is 5.92 Å². The van der Waals surface area contributed by atoms with Gasteiger partial charge in [0.15, 0.2) is 8.32 Å². The molecule has 1 saturated heterocycles. The molecule has 0 radical (unpaired) electrons. The molecular weight excluding hydrogens is 470 g/mol. The number of carbonyl (C=O) groups excluding carboxylic acids is 4. The van der Waals surface area contributed by atoms with Crippen LogP contribution in [0.15, 0.2) is 25.3 Å². The lowest BCUT2D eigenvalue weighted by Gasteiger charge is -2.45. The van der Waals surface area contributed by atoms with E-state index in [0.29, 0.717) is 0 Å². The van der Waals surface area contributed by atoms with Gasteiger partial charge in [-0.15, -0.1) is 0 Å². The molecule has 3 N–H and O–H groups in total. The lowest BCUT2D eigenvalue weighted by atomic mass is 9.82. The molecule has 0 saturated carbocycles. The molecule has 1 aliphatic rings. The van der Waals surface area contributed by atoms with E-state index in [1.807, 2.05) is 6.92 Å². The Labute approximate surface area is 209 Å². The second-order valence-corrected chi connectivity index (χ2v) is 14.9. The Morgan fingerprint density at radius 1 is 1.11 bits per heavy atom. The van der Waals surface area contributed by atoms with Gasteiger partial charge in [-0.3, -0.25) is 9.59 Å². The maximum atomic E-state index is 12.8. The first-order valence-electron chi connectivity index (χ1n) is 11.8. The largest absolute Gasteiger partial charge is 0.445 e. The summed E-state index contributed by atoms with van der Waals surface area (Å²) >= 11 is 0. The Kier molecular flexibility index (Phi) is 11.7. The van der Waals surface area contributed by atoms with Crippen LogP contribution in [0.3, 0.4) is 0 Å². The molecule has 3 amide bonds. The molecule has 0 spiro atoms. The maximum absolute atomic E-state index is 12.8. The van der Waals surface area contributed by atoms with Crippen molar-refractivity contribution in [3.8, 4) is 0 Å². The number of rotatable bonds is 14. The average molecular weight is 512 g/mol. The van der Waals surface area contributed by atoms with Gasteiger partial charge in [0.1, 0.15) is 19.0 Å². The molecule has 1 rings (SSSR count). The highest BCUT2D eigenvalue weighted by molar-refractivity contribution is 6.74. The summed E-state index contributed by atoms with van der Waals surface area (Å²) in [6.07, 6.45) is 1.08. The molecule has 0 aromatic rings. The maximum Gasteiger partial charge on any atom is 0.407 e. The standard InChI is InChI=1S/C24H41N3O7Si/c1-9-11-32-22(30)25-15-17(26-23(31)33-12-10-2)13-18(28)14-19-20(21(29)27-19)16(3)34-35(7,8)24(4,5)6/h9-10,16-17,19-20H,1-2,11-15H2,3-8H3,(H,25,30)(H,26,31)(H,27,29)/t16-,17+,19-,20-/m1/s1. The average Bonchev–Trinajstić information content (AvgIpc) is 2.72. The normalized spacial score (nSPS) is 19.3. The minimum Gasteiger partial charge on any atom is -0.445 e. The molecule has 1 aliphatic heterocycles. The van der Waals surface area contributed by atoms with Gasteiger partial charge in [-0.2, -0.15) is 0 Å². The fourth-order valence-corrected chi connectivity index (χ4v) is 4.83. The van der Waals surface area contributed by atoms with Crippen LogP contribution in [-0.2, 0) is 23.5 Å². The van der Waals surface area contributed by atoms with Crippen LogP contribution in [-0.4, -0.2) is 70.1 Å². The van der Waals surface area contributed by atoms with E-state index in [4.69, 9.17) is 13.9 Å². The van der Waals surface area contributed by atoms with Crippen LogP contribution in [0, 0.1) is 5.92 Å². The number of hydrogen-bond donors (Lipinski definition) is 3. The van der Waals surface area contributed by atoms with Gasteiger partial charge in [-0.25, -0.2) is 9.59 Å². The number of ketones is 1. The Morgan fingerprint density at radius 3 is 2.20 bits per heavy atom.